The van der Waals surface area contributed by atoms with Gasteiger partial charge in [0, 0.05) is 6.54 Å². The van der Waals surface area contributed by atoms with E-state index in [-0.39, 0.29) is 5.91 Å². The van der Waals surface area contributed by atoms with Crippen molar-refractivity contribution in [3.63, 3.8) is 0 Å². The van der Waals surface area contributed by atoms with Crippen LogP contribution in [0.15, 0.2) is 0 Å². The molecule has 0 unspecified atom stereocenters. The molecule has 182 valence electrons. The Bertz CT molecular complexity index is 708. The largest absolute Gasteiger partial charge is 0.397 e. The topological polar surface area (TPSA) is 166 Å². The number of nitrogens with zero attached hydrogens (tertiary/aromatic N) is 1. The molecule has 11 nitrogen and oxygen atoms in total. The number of thioether (sulfide) groups is 1. The second kappa shape index (κ2) is 11.1. The van der Waals surface area contributed by atoms with E-state index in [1.165, 1.54) is 6.92 Å². The maximum atomic E-state index is 13.0. The van der Waals surface area contributed by atoms with Gasteiger partial charge in [0.2, 0.25) is 5.91 Å². The molecule has 13 heteroatoms. The van der Waals surface area contributed by atoms with Crippen LogP contribution in [0, 0.1) is 5.92 Å². The lowest BCUT2D eigenvalue weighted by atomic mass is 9.92. The molecule has 0 aromatic carbocycles. The Morgan fingerprint density at radius 1 is 1.35 bits per heavy atom. The third kappa shape index (κ3) is 6.74. The lowest BCUT2D eigenvalue weighted by Crippen LogP contribution is -2.66. The zero-order valence-electron chi connectivity index (χ0n) is 18.1. The Kier molecular flexibility index (Phi) is 9.55. The fourth-order valence-electron chi connectivity index (χ4n) is 4.37. The Morgan fingerprint density at radius 3 is 2.52 bits per heavy atom. The SMILES string of the molecule is CCC[C@@H]1C[C@@H](C(=O)N[C@@H]([C@H]2O[C@H](SC)[C@H](O)[C@@H](OS(=O)(=O)O)[C@H]2O)[C@@H](C)O)N(C)C1. The molecular weight excluding hydrogens is 452 g/mol. The Labute approximate surface area is 187 Å². The molecule has 0 saturated carbocycles. The number of hydrogen-bond acceptors (Lipinski definition) is 10. The van der Waals surface area contributed by atoms with Gasteiger partial charge in [0.05, 0.1) is 18.2 Å². The zero-order chi connectivity index (χ0) is 23.5. The van der Waals surface area contributed by atoms with Crippen LogP contribution < -0.4 is 5.32 Å². The van der Waals surface area contributed by atoms with Crippen molar-refractivity contribution in [3.8, 4) is 0 Å². The molecule has 2 rings (SSSR count). The number of carbonyl (C=O) groups is 1. The summed E-state index contributed by atoms with van der Waals surface area (Å²) in [5, 5.41) is 34.0. The van der Waals surface area contributed by atoms with Crippen molar-refractivity contribution in [2.75, 3.05) is 19.8 Å². The van der Waals surface area contributed by atoms with Crippen LogP contribution in [0.5, 0.6) is 0 Å². The van der Waals surface area contributed by atoms with Gasteiger partial charge in [-0.25, -0.2) is 4.18 Å². The fourth-order valence-corrected chi connectivity index (χ4v) is 5.55. The molecule has 9 atom stereocenters. The molecule has 0 bridgehead atoms. The van der Waals surface area contributed by atoms with E-state index in [1.807, 2.05) is 11.9 Å². The van der Waals surface area contributed by atoms with Gasteiger partial charge < -0.3 is 25.4 Å². The lowest BCUT2D eigenvalue weighted by Gasteiger charge is -2.44. The first-order chi connectivity index (χ1) is 14.4. The van der Waals surface area contributed by atoms with Crippen molar-refractivity contribution in [3.05, 3.63) is 0 Å². The Balaban J connectivity index is 2.21. The maximum absolute atomic E-state index is 13.0. The Hall–Kier alpha value is -0.510. The van der Waals surface area contributed by atoms with E-state index in [9.17, 15) is 28.5 Å². The van der Waals surface area contributed by atoms with E-state index < -0.39 is 58.4 Å². The van der Waals surface area contributed by atoms with Gasteiger partial charge >= 0.3 is 10.4 Å². The maximum Gasteiger partial charge on any atom is 0.397 e. The molecule has 2 aliphatic heterocycles. The number of aliphatic hydroxyl groups excluding tert-OH is 3. The van der Waals surface area contributed by atoms with E-state index >= 15 is 0 Å². The number of likely N-dealkylation sites (N-methyl/N-ethyl adjacent to an activating group) is 1. The van der Waals surface area contributed by atoms with Gasteiger partial charge in [0.1, 0.15) is 29.9 Å². The number of amides is 1. The third-order valence-electron chi connectivity index (χ3n) is 5.86. The first kappa shape index (κ1) is 26.7. The highest BCUT2D eigenvalue weighted by molar-refractivity contribution is 7.99. The molecule has 1 amide bonds. The molecule has 0 aromatic rings. The summed E-state index contributed by atoms with van der Waals surface area (Å²) in [4.78, 5) is 14.9. The van der Waals surface area contributed by atoms with E-state index in [0.29, 0.717) is 12.3 Å². The van der Waals surface area contributed by atoms with Gasteiger partial charge in [0.15, 0.2) is 0 Å². The predicted octanol–water partition coefficient (Wildman–Crippen LogP) is -1.03. The van der Waals surface area contributed by atoms with Crippen LogP contribution in [-0.2, 0) is 24.1 Å². The number of ether oxygens (including phenoxy) is 1. The van der Waals surface area contributed by atoms with Crippen molar-refractivity contribution >= 4 is 28.1 Å². The highest BCUT2D eigenvalue weighted by Gasteiger charge is 2.51. The highest BCUT2D eigenvalue weighted by atomic mass is 32.3. The Morgan fingerprint density at radius 2 is 2.00 bits per heavy atom. The van der Waals surface area contributed by atoms with Crippen molar-refractivity contribution in [2.45, 2.75) is 81.1 Å². The summed E-state index contributed by atoms with van der Waals surface area (Å²) >= 11 is 1.03. The molecule has 5 N–H and O–H groups in total. The van der Waals surface area contributed by atoms with Crippen LogP contribution >= 0.6 is 11.8 Å². The van der Waals surface area contributed by atoms with Crippen LogP contribution in [0.25, 0.3) is 0 Å². The molecule has 0 aromatic heterocycles. The number of aliphatic hydroxyl groups is 3. The molecule has 0 radical (unpaired) electrons. The monoisotopic (exact) mass is 486 g/mol. The van der Waals surface area contributed by atoms with E-state index in [1.54, 1.807) is 6.26 Å². The summed E-state index contributed by atoms with van der Waals surface area (Å²) in [5.74, 6) is 0.0395. The first-order valence-electron chi connectivity index (χ1n) is 10.3. The van der Waals surface area contributed by atoms with Crippen LogP contribution in [0.3, 0.4) is 0 Å². The van der Waals surface area contributed by atoms with Crippen molar-refractivity contribution < 1.29 is 42.0 Å². The number of likely N-dealkylation sites (tertiary alicyclic amines) is 1. The summed E-state index contributed by atoms with van der Waals surface area (Å²) < 4.78 is 41.6. The minimum absolute atomic E-state index is 0.345. The van der Waals surface area contributed by atoms with Crippen molar-refractivity contribution in [2.24, 2.45) is 5.92 Å². The number of hydrogen-bond donors (Lipinski definition) is 5. The quantitative estimate of drug-likeness (QED) is 0.253. The third-order valence-corrected chi connectivity index (χ3v) is 7.18. The minimum atomic E-state index is -4.99. The number of nitrogens with one attached hydrogen (secondary N) is 1. The van der Waals surface area contributed by atoms with Gasteiger partial charge in [-0.15, -0.1) is 11.8 Å². The van der Waals surface area contributed by atoms with E-state index in [2.05, 4.69) is 16.4 Å². The van der Waals surface area contributed by atoms with Gasteiger partial charge in [-0.2, -0.15) is 8.42 Å². The second-order valence-corrected chi connectivity index (χ2v) is 10.3. The normalized spacial score (nSPS) is 36.8. The first-order valence-corrected chi connectivity index (χ1v) is 12.9. The second-order valence-electron chi connectivity index (χ2n) is 8.30. The summed E-state index contributed by atoms with van der Waals surface area (Å²) in [6.45, 7) is 4.26. The molecule has 0 aliphatic carbocycles. The summed E-state index contributed by atoms with van der Waals surface area (Å²) in [6, 6.07) is -1.53. The molecule has 2 fully saturated rings. The van der Waals surface area contributed by atoms with Gasteiger partial charge in [-0.05, 0) is 39.0 Å². The fraction of sp³-hybridized carbons (Fsp3) is 0.944. The van der Waals surface area contributed by atoms with Crippen molar-refractivity contribution in [1.29, 1.82) is 0 Å². The van der Waals surface area contributed by atoms with Crippen LogP contribution in [0.4, 0.5) is 0 Å². The predicted molar refractivity (Wildman–Crippen MR) is 114 cm³/mol. The summed E-state index contributed by atoms with van der Waals surface area (Å²) in [5.41, 5.74) is -1.03. The summed E-state index contributed by atoms with van der Waals surface area (Å²) in [7, 11) is -3.14. The minimum Gasteiger partial charge on any atom is -0.391 e. The molecule has 2 saturated heterocycles. The van der Waals surface area contributed by atoms with Crippen LogP contribution in [-0.4, -0.2) is 107 Å². The average Bonchev–Trinajstić information content (AvgIpc) is 3.03. The average molecular weight is 487 g/mol. The smallest absolute Gasteiger partial charge is 0.391 e. The van der Waals surface area contributed by atoms with E-state index in [4.69, 9.17) is 9.29 Å². The van der Waals surface area contributed by atoms with E-state index in [0.717, 1.165) is 31.1 Å². The molecule has 2 aliphatic rings. The number of carbonyl (C=O) groups excluding carboxylic acids is 1. The molecular formula is C18H34N2O9S2. The highest BCUT2D eigenvalue weighted by Crippen LogP contribution is 2.32. The molecule has 0 spiro atoms. The molecule has 2 heterocycles. The summed E-state index contributed by atoms with van der Waals surface area (Å²) in [6.07, 6.45) is -3.28. The lowest BCUT2D eigenvalue weighted by molar-refractivity contribution is -0.204. The standard InChI is InChI=1S/C18H34N2O9S2/c1-5-6-10-7-11(20(3)8-10)17(24)19-12(9(2)21)15-13(22)16(29-31(25,26)27)14(23)18(28-15)30-4/h9-16,18,21-23H,5-8H2,1-4H3,(H,19,24)(H,25,26,27)/t9-,10-,11+,12-,13+,14-,15-,16+,18-/m1/s1. The number of rotatable bonds is 9. The molecule has 31 heavy (non-hydrogen) atoms. The van der Waals surface area contributed by atoms with Gasteiger partial charge in [-0.3, -0.25) is 14.2 Å². The van der Waals surface area contributed by atoms with Crippen LogP contribution in [0.1, 0.15) is 33.1 Å². The van der Waals surface area contributed by atoms with Gasteiger partial charge in [0.25, 0.3) is 0 Å². The van der Waals surface area contributed by atoms with Crippen LogP contribution in [0.2, 0.25) is 0 Å². The van der Waals surface area contributed by atoms with Gasteiger partial charge in [-0.1, -0.05) is 13.3 Å². The van der Waals surface area contributed by atoms with Crippen molar-refractivity contribution in [1.82, 2.24) is 10.2 Å². The zero-order valence-corrected chi connectivity index (χ0v) is 19.8.